The van der Waals surface area contributed by atoms with Crippen molar-refractivity contribution in [2.75, 3.05) is 14.2 Å². The van der Waals surface area contributed by atoms with E-state index in [0.717, 1.165) is 18.7 Å². The van der Waals surface area contributed by atoms with Gasteiger partial charge in [0.2, 0.25) is 0 Å². The van der Waals surface area contributed by atoms with E-state index in [1.807, 2.05) is 0 Å². The van der Waals surface area contributed by atoms with E-state index in [1.165, 1.54) is 0 Å². The van der Waals surface area contributed by atoms with Crippen molar-refractivity contribution in [2.45, 2.75) is 26.3 Å². The number of hydrogen-bond donors (Lipinski definition) is 1. The zero-order valence-electron chi connectivity index (χ0n) is 17.1. The molecule has 0 fully saturated rings. The summed E-state index contributed by atoms with van der Waals surface area (Å²) in [6.07, 6.45) is 1.68. The number of aryl methyl sites for hydroxylation is 1. The van der Waals surface area contributed by atoms with Crippen LogP contribution in [0.3, 0.4) is 0 Å². The number of benzene rings is 2. The third-order valence-electron chi connectivity index (χ3n) is 5.20. The molecule has 154 valence electrons. The first-order valence-corrected chi connectivity index (χ1v) is 9.62. The van der Waals surface area contributed by atoms with Crippen LogP contribution >= 0.6 is 0 Å². The summed E-state index contributed by atoms with van der Waals surface area (Å²) in [6, 6.07) is 10.2. The van der Waals surface area contributed by atoms with Gasteiger partial charge in [-0.3, -0.25) is 14.2 Å². The number of nitrogens with zero attached hydrogens (tertiary/aromatic N) is 3. The molecule has 4 rings (SSSR count). The minimum atomic E-state index is -0.388. The molecule has 1 aromatic heterocycles. The van der Waals surface area contributed by atoms with Crippen LogP contribution in [0.4, 0.5) is 0 Å². The predicted octanol–water partition coefficient (Wildman–Crippen LogP) is 2.51. The van der Waals surface area contributed by atoms with Crippen molar-refractivity contribution in [3.05, 3.63) is 63.7 Å². The number of hydrazone groups is 1. The van der Waals surface area contributed by atoms with Gasteiger partial charge in [-0.1, -0.05) is 0 Å². The molecular weight excluding hydrogens is 384 g/mol. The van der Waals surface area contributed by atoms with Gasteiger partial charge >= 0.3 is 0 Å². The van der Waals surface area contributed by atoms with E-state index in [9.17, 15) is 9.59 Å². The van der Waals surface area contributed by atoms with Crippen LogP contribution in [0, 0.1) is 0 Å². The van der Waals surface area contributed by atoms with Gasteiger partial charge in [-0.2, -0.15) is 5.10 Å². The van der Waals surface area contributed by atoms with Crippen LogP contribution in [0.2, 0.25) is 0 Å². The largest absolute Gasteiger partial charge is 0.497 e. The zero-order valence-corrected chi connectivity index (χ0v) is 17.1. The molecule has 3 aromatic rings. The first-order valence-electron chi connectivity index (χ1n) is 9.62. The Balaban J connectivity index is 1.60. The van der Waals surface area contributed by atoms with Crippen molar-refractivity contribution in [3.8, 4) is 11.5 Å². The first-order chi connectivity index (χ1) is 14.5. The van der Waals surface area contributed by atoms with E-state index in [0.29, 0.717) is 45.8 Å². The highest BCUT2D eigenvalue weighted by atomic mass is 16.5. The molecule has 8 heteroatoms. The molecule has 30 heavy (non-hydrogen) atoms. The molecule has 1 N–H and O–H groups in total. The minimum absolute atomic E-state index is 0.0570. The molecule has 0 saturated heterocycles. The summed E-state index contributed by atoms with van der Waals surface area (Å²) in [7, 11) is 3.15. The van der Waals surface area contributed by atoms with E-state index in [1.54, 1.807) is 62.1 Å². The molecule has 0 bridgehead atoms. The number of aromatic nitrogens is 2. The maximum Gasteiger partial charge on any atom is 0.271 e. The molecule has 1 aliphatic heterocycles. The summed E-state index contributed by atoms with van der Waals surface area (Å²) >= 11 is 0. The second-order valence-electron chi connectivity index (χ2n) is 7.02. The highest BCUT2D eigenvalue weighted by Gasteiger charge is 2.17. The standard InChI is InChI=1S/C22H22N4O4/c1-13(17-12-15(29-2)7-9-19(17)30-3)24-25-21(27)14-6-8-16-18(11-14)23-20-5-4-10-26(20)22(16)28/h6-9,11-12H,4-5,10H2,1-3H3,(H,25,27)/b24-13-. The molecule has 0 atom stereocenters. The number of carbonyl (C=O) groups excluding carboxylic acids is 1. The van der Waals surface area contributed by atoms with E-state index < -0.39 is 0 Å². The van der Waals surface area contributed by atoms with Crippen molar-refractivity contribution in [2.24, 2.45) is 5.10 Å². The van der Waals surface area contributed by atoms with Crippen LogP contribution in [0.25, 0.3) is 10.9 Å². The molecule has 8 nitrogen and oxygen atoms in total. The fourth-order valence-electron chi connectivity index (χ4n) is 3.58. The normalized spacial score (nSPS) is 13.2. The van der Waals surface area contributed by atoms with Crippen molar-refractivity contribution < 1.29 is 14.3 Å². The number of nitrogens with one attached hydrogen (secondary N) is 1. The number of hydrogen-bond acceptors (Lipinski definition) is 6. The van der Waals surface area contributed by atoms with E-state index >= 15 is 0 Å². The Labute approximate surface area is 173 Å². The summed E-state index contributed by atoms with van der Waals surface area (Å²) in [5, 5.41) is 4.72. The van der Waals surface area contributed by atoms with E-state index in [4.69, 9.17) is 9.47 Å². The molecule has 0 saturated carbocycles. The Morgan fingerprint density at radius 1 is 1.17 bits per heavy atom. The quantitative estimate of drug-likeness (QED) is 0.519. The molecule has 2 aromatic carbocycles. The Morgan fingerprint density at radius 2 is 2.00 bits per heavy atom. The zero-order chi connectivity index (χ0) is 21.3. The average Bonchev–Trinajstić information content (AvgIpc) is 3.25. The highest BCUT2D eigenvalue weighted by molar-refractivity contribution is 6.03. The Hall–Kier alpha value is -3.68. The lowest BCUT2D eigenvalue weighted by Gasteiger charge is -2.10. The summed E-state index contributed by atoms with van der Waals surface area (Å²) < 4.78 is 12.3. The topological polar surface area (TPSA) is 94.8 Å². The minimum Gasteiger partial charge on any atom is -0.497 e. The van der Waals surface area contributed by atoms with Gasteiger partial charge in [0.1, 0.15) is 17.3 Å². The number of ether oxygens (including phenoxy) is 2. The molecular formula is C22H22N4O4. The molecule has 0 aliphatic carbocycles. The highest BCUT2D eigenvalue weighted by Crippen LogP contribution is 2.24. The Bertz CT molecular complexity index is 1230. The molecule has 1 amide bonds. The lowest BCUT2D eigenvalue weighted by Crippen LogP contribution is -2.22. The van der Waals surface area contributed by atoms with Gasteiger partial charge in [0.05, 0.1) is 30.8 Å². The van der Waals surface area contributed by atoms with Crippen LogP contribution in [-0.2, 0) is 13.0 Å². The van der Waals surface area contributed by atoms with Crippen molar-refractivity contribution in [1.29, 1.82) is 0 Å². The second kappa shape index (κ2) is 7.98. The molecule has 0 spiro atoms. The monoisotopic (exact) mass is 406 g/mol. The van der Waals surface area contributed by atoms with Crippen LogP contribution in [-0.4, -0.2) is 35.4 Å². The third-order valence-corrected chi connectivity index (χ3v) is 5.20. The van der Waals surface area contributed by atoms with Gasteiger partial charge in [0.25, 0.3) is 11.5 Å². The van der Waals surface area contributed by atoms with Gasteiger partial charge in [0, 0.05) is 24.1 Å². The van der Waals surface area contributed by atoms with Crippen LogP contribution < -0.4 is 20.5 Å². The van der Waals surface area contributed by atoms with E-state index in [-0.39, 0.29) is 11.5 Å². The van der Waals surface area contributed by atoms with Crippen molar-refractivity contribution >= 4 is 22.5 Å². The summed E-state index contributed by atoms with van der Waals surface area (Å²) in [4.78, 5) is 29.8. The van der Waals surface area contributed by atoms with E-state index in [2.05, 4.69) is 15.5 Å². The molecule has 0 radical (unpaired) electrons. The maximum atomic E-state index is 12.6. The SMILES string of the molecule is COc1ccc(OC)c(/C(C)=N\NC(=O)c2ccc3c(=O)n4c(nc3c2)CCC4)c1. The lowest BCUT2D eigenvalue weighted by molar-refractivity contribution is 0.0955. The Morgan fingerprint density at radius 3 is 2.77 bits per heavy atom. The number of rotatable bonds is 5. The predicted molar refractivity (Wildman–Crippen MR) is 114 cm³/mol. The average molecular weight is 406 g/mol. The van der Waals surface area contributed by atoms with Crippen molar-refractivity contribution in [1.82, 2.24) is 15.0 Å². The number of fused-ring (bicyclic) bond motifs is 2. The molecule has 2 heterocycles. The second-order valence-corrected chi connectivity index (χ2v) is 7.02. The summed E-state index contributed by atoms with van der Waals surface area (Å²) in [5.74, 6) is 1.66. The maximum absolute atomic E-state index is 12.6. The third kappa shape index (κ3) is 3.52. The fourth-order valence-corrected chi connectivity index (χ4v) is 3.58. The van der Waals surface area contributed by atoms with Gasteiger partial charge in [-0.05, 0) is 49.7 Å². The number of methoxy groups -OCH3 is 2. The fraction of sp³-hybridized carbons (Fsp3) is 0.273. The van der Waals surface area contributed by atoms with Crippen LogP contribution in [0.5, 0.6) is 11.5 Å². The first kappa shape index (κ1) is 19.6. The van der Waals surface area contributed by atoms with Gasteiger partial charge < -0.3 is 9.47 Å². The van der Waals surface area contributed by atoms with Crippen molar-refractivity contribution in [3.63, 3.8) is 0 Å². The number of amides is 1. The molecule has 1 aliphatic rings. The van der Waals surface area contributed by atoms with Gasteiger partial charge in [-0.15, -0.1) is 0 Å². The summed E-state index contributed by atoms with van der Waals surface area (Å²) in [5.41, 5.74) is 4.68. The number of carbonyl (C=O) groups is 1. The van der Waals surface area contributed by atoms with Crippen LogP contribution in [0.15, 0.2) is 46.3 Å². The van der Waals surface area contributed by atoms with Gasteiger partial charge in [0.15, 0.2) is 0 Å². The lowest BCUT2D eigenvalue weighted by atomic mass is 10.1. The Kier molecular flexibility index (Phi) is 5.22. The van der Waals surface area contributed by atoms with Gasteiger partial charge in [-0.25, -0.2) is 10.4 Å². The van der Waals surface area contributed by atoms with Crippen LogP contribution in [0.1, 0.15) is 35.1 Å². The molecule has 0 unspecified atom stereocenters. The smallest absolute Gasteiger partial charge is 0.271 e. The summed E-state index contributed by atoms with van der Waals surface area (Å²) in [6.45, 7) is 2.46.